The van der Waals surface area contributed by atoms with Gasteiger partial charge in [-0.1, -0.05) is 120 Å². The van der Waals surface area contributed by atoms with Crippen LogP contribution < -0.4 is 5.32 Å². The van der Waals surface area contributed by atoms with Crippen LogP contribution in [0.3, 0.4) is 0 Å². The molecule has 1 heterocycles. The second kappa shape index (κ2) is 9.94. The van der Waals surface area contributed by atoms with E-state index >= 15 is 0 Å². The average Bonchev–Trinajstić information content (AvgIpc) is 3.31. The zero-order valence-electron chi connectivity index (χ0n) is 24.3. The lowest BCUT2D eigenvalue weighted by Crippen LogP contribution is -2.16. The molecule has 40 heavy (non-hydrogen) atoms. The number of thiophene rings is 1. The fraction of sp³-hybridized carbons (Fsp3) is 0.211. The number of anilines is 2. The Morgan fingerprint density at radius 1 is 0.500 bits per heavy atom. The van der Waals surface area contributed by atoms with Crippen molar-refractivity contribution in [3.05, 3.63) is 120 Å². The molecule has 0 saturated carbocycles. The lowest BCUT2D eigenvalue weighted by molar-refractivity contribution is 0.569. The van der Waals surface area contributed by atoms with E-state index in [2.05, 4.69) is 156 Å². The van der Waals surface area contributed by atoms with E-state index in [0.717, 1.165) is 11.4 Å². The molecule has 0 aliphatic heterocycles. The van der Waals surface area contributed by atoms with Crippen molar-refractivity contribution in [3.63, 3.8) is 0 Å². The molecule has 0 aliphatic carbocycles. The molecule has 0 saturated heterocycles. The summed E-state index contributed by atoms with van der Waals surface area (Å²) in [7, 11) is 0. The molecule has 0 fully saturated rings. The standard InChI is InChI=1S/C38H37NS/c1-37(2,3)29-19-27(20-30(24-29)38(4,5)6)26-15-12-16-31(21-26)39-33-22-28(25-13-8-7-9-14-25)23-35-36(33)32-17-10-11-18-34(32)40-35/h7-24,39H,1-6H3. The van der Waals surface area contributed by atoms with E-state index in [-0.39, 0.29) is 10.8 Å². The molecule has 1 aromatic heterocycles. The number of benzene rings is 5. The third kappa shape index (κ3) is 5.17. The molecular weight excluding hydrogens is 502 g/mol. The van der Waals surface area contributed by atoms with Crippen molar-refractivity contribution in [1.82, 2.24) is 0 Å². The van der Waals surface area contributed by atoms with E-state index < -0.39 is 0 Å². The third-order valence-corrected chi connectivity index (χ3v) is 8.84. The zero-order chi connectivity index (χ0) is 28.1. The maximum atomic E-state index is 3.84. The largest absolute Gasteiger partial charge is 0.355 e. The Balaban J connectivity index is 1.48. The minimum absolute atomic E-state index is 0.0787. The van der Waals surface area contributed by atoms with Crippen molar-refractivity contribution in [3.8, 4) is 22.3 Å². The van der Waals surface area contributed by atoms with Gasteiger partial charge in [-0.25, -0.2) is 0 Å². The molecule has 6 rings (SSSR count). The van der Waals surface area contributed by atoms with Gasteiger partial charge in [0.05, 0.1) is 0 Å². The van der Waals surface area contributed by atoms with E-state index in [1.54, 1.807) is 0 Å². The summed E-state index contributed by atoms with van der Waals surface area (Å²) < 4.78 is 2.61. The molecule has 0 aliphatic rings. The fourth-order valence-electron chi connectivity index (χ4n) is 5.34. The van der Waals surface area contributed by atoms with Crippen LogP contribution in [-0.4, -0.2) is 0 Å². The van der Waals surface area contributed by atoms with Gasteiger partial charge in [0.2, 0.25) is 0 Å². The van der Waals surface area contributed by atoms with E-state index in [1.165, 1.54) is 53.6 Å². The highest BCUT2D eigenvalue weighted by Crippen LogP contribution is 2.42. The molecule has 1 nitrogen and oxygen atoms in total. The van der Waals surface area contributed by atoms with Gasteiger partial charge in [-0.3, -0.25) is 0 Å². The Morgan fingerprint density at radius 3 is 1.82 bits per heavy atom. The van der Waals surface area contributed by atoms with Crippen LogP contribution in [0.5, 0.6) is 0 Å². The molecule has 0 radical (unpaired) electrons. The van der Waals surface area contributed by atoms with Crippen LogP contribution in [0.25, 0.3) is 42.4 Å². The summed E-state index contributed by atoms with van der Waals surface area (Å²) in [5.74, 6) is 0. The lowest BCUT2D eigenvalue weighted by Gasteiger charge is -2.26. The normalized spacial score (nSPS) is 12.2. The molecule has 200 valence electrons. The van der Waals surface area contributed by atoms with Crippen molar-refractivity contribution in [2.75, 3.05) is 5.32 Å². The molecule has 0 bridgehead atoms. The molecule has 0 atom stereocenters. The first kappa shape index (κ1) is 26.3. The molecule has 5 aromatic carbocycles. The quantitative estimate of drug-likeness (QED) is 0.235. The van der Waals surface area contributed by atoms with Crippen LogP contribution >= 0.6 is 11.3 Å². The summed E-state index contributed by atoms with van der Waals surface area (Å²) in [6, 6.07) is 40.0. The smallest absolute Gasteiger partial charge is 0.0485 e. The average molecular weight is 540 g/mol. The number of hydrogen-bond acceptors (Lipinski definition) is 2. The highest BCUT2D eigenvalue weighted by molar-refractivity contribution is 7.26. The van der Waals surface area contributed by atoms with Crippen molar-refractivity contribution in [2.45, 2.75) is 52.4 Å². The van der Waals surface area contributed by atoms with Gasteiger partial charge in [0.25, 0.3) is 0 Å². The topological polar surface area (TPSA) is 12.0 Å². The maximum Gasteiger partial charge on any atom is 0.0485 e. The van der Waals surface area contributed by atoms with E-state index in [0.29, 0.717) is 0 Å². The summed E-state index contributed by atoms with van der Waals surface area (Å²) >= 11 is 1.86. The van der Waals surface area contributed by atoms with Crippen LogP contribution in [0.1, 0.15) is 52.7 Å². The van der Waals surface area contributed by atoms with Crippen molar-refractivity contribution in [2.24, 2.45) is 0 Å². The van der Waals surface area contributed by atoms with E-state index in [4.69, 9.17) is 0 Å². The Morgan fingerprint density at radius 2 is 1.12 bits per heavy atom. The number of nitrogens with one attached hydrogen (secondary N) is 1. The molecule has 0 amide bonds. The first-order valence-corrected chi connectivity index (χ1v) is 14.9. The first-order valence-electron chi connectivity index (χ1n) is 14.1. The van der Waals surface area contributed by atoms with Crippen LogP contribution in [0.15, 0.2) is 109 Å². The lowest BCUT2D eigenvalue weighted by atomic mass is 9.79. The number of hydrogen-bond donors (Lipinski definition) is 1. The molecule has 0 unspecified atom stereocenters. The van der Waals surface area contributed by atoms with Gasteiger partial charge in [-0.15, -0.1) is 11.3 Å². The summed E-state index contributed by atoms with van der Waals surface area (Å²) in [6.45, 7) is 13.8. The zero-order valence-corrected chi connectivity index (χ0v) is 25.1. The maximum absolute atomic E-state index is 3.84. The number of rotatable bonds is 4. The summed E-state index contributed by atoms with van der Waals surface area (Å²) in [5.41, 5.74) is 10.1. The molecule has 6 aromatic rings. The van der Waals surface area contributed by atoms with Crippen molar-refractivity contribution >= 4 is 42.9 Å². The van der Waals surface area contributed by atoms with Gasteiger partial charge < -0.3 is 5.32 Å². The minimum Gasteiger partial charge on any atom is -0.355 e. The SMILES string of the molecule is CC(C)(C)c1cc(-c2cccc(Nc3cc(-c4ccccc4)cc4sc5ccccc5c34)c2)cc(C(C)(C)C)c1. The predicted molar refractivity (Wildman–Crippen MR) is 177 cm³/mol. The third-order valence-electron chi connectivity index (χ3n) is 7.73. The molecule has 1 N–H and O–H groups in total. The van der Waals surface area contributed by atoms with Crippen molar-refractivity contribution in [1.29, 1.82) is 0 Å². The summed E-state index contributed by atoms with van der Waals surface area (Å²) in [5, 5.41) is 6.43. The monoisotopic (exact) mass is 539 g/mol. The molecular formula is C38H37NS. The second-order valence-corrected chi connectivity index (χ2v) is 13.9. The van der Waals surface area contributed by atoms with Gasteiger partial charge in [0, 0.05) is 31.5 Å². The van der Waals surface area contributed by atoms with Crippen LogP contribution in [0, 0.1) is 0 Å². The molecule has 2 heteroatoms. The summed E-state index contributed by atoms with van der Waals surface area (Å²) in [6.07, 6.45) is 0. The second-order valence-electron chi connectivity index (χ2n) is 12.9. The van der Waals surface area contributed by atoms with Gasteiger partial charge >= 0.3 is 0 Å². The summed E-state index contributed by atoms with van der Waals surface area (Å²) in [4.78, 5) is 0. The van der Waals surface area contributed by atoms with Gasteiger partial charge in [0.15, 0.2) is 0 Å². The minimum atomic E-state index is 0.0787. The molecule has 0 spiro atoms. The fourth-order valence-corrected chi connectivity index (χ4v) is 6.51. The van der Waals surface area contributed by atoms with E-state index in [1.807, 2.05) is 11.3 Å². The van der Waals surface area contributed by atoms with Crippen molar-refractivity contribution < 1.29 is 0 Å². The van der Waals surface area contributed by atoms with Crippen LogP contribution in [0.2, 0.25) is 0 Å². The van der Waals surface area contributed by atoms with Gasteiger partial charge in [0.1, 0.15) is 0 Å². The van der Waals surface area contributed by atoms with Crippen LogP contribution in [-0.2, 0) is 10.8 Å². The number of fused-ring (bicyclic) bond motifs is 3. The first-order chi connectivity index (χ1) is 19.1. The van der Waals surface area contributed by atoms with Crippen LogP contribution in [0.4, 0.5) is 11.4 Å². The Bertz CT molecular complexity index is 1800. The van der Waals surface area contributed by atoms with Gasteiger partial charge in [-0.2, -0.15) is 0 Å². The Hall–Kier alpha value is -3.88. The van der Waals surface area contributed by atoms with Gasteiger partial charge in [-0.05, 0) is 74.5 Å². The highest BCUT2D eigenvalue weighted by Gasteiger charge is 2.21. The van der Waals surface area contributed by atoms with E-state index in [9.17, 15) is 0 Å². The Labute approximate surface area is 242 Å². The Kier molecular flexibility index (Phi) is 6.55. The predicted octanol–water partition coefficient (Wildman–Crippen LogP) is 11.7. The highest BCUT2D eigenvalue weighted by atomic mass is 32.1.